The van der Waals surface area contributed by atoms with Crippen LogP contribution in [0.5, 0.6) is 0 Å². The third-order valence-electron chi connectivity index (χ3n) is 4.73. The molecule has 0 bridgehead atoms. The number of hydrazine groups is 1. The highest BCUT2D eigenvalue weighted by Crippen LogP contribution is 2.35. The first-order valence-electron chi connectivity index (χ1n) is 9.57. The van der Waals surface area contributed by atoms with E-state index < -0.39 is 27.1 Å². The van der Waals surface area contributed by atoms with Gasteiger partial charge in [0.2, 0.25) is 0 Å². The van der Waals surface area contributed by atoms with Crippen LogP contribution in [0.2, 0.25) is 0 Å². The van der Waals surface area contributed by atoms with Gasteiger partial charge in [0.05, 0.1) is 20.8 Å². The van der Waals surface area contributed by atoms with Gasteiger partial charge in [0.15, 0.2) is 4.32 Å². The normalized spacial score (nSPS) is 14.7. The summed E-state index contributed by atoms with van der Waals surface area (Å²) in [5.41, 5.74) is 3.46. The molecule has 0 spiro atoms. The van der Waals surface area contributed by atoms with Gasteiger partial charge in [0.25, 0.3) is 11.6 Å². The van der Waals surface area contributed by atoms with Crippen molar-refractivity contribution in [1.82, 2.24) is 5.01 Å². The number of nitro groups is 2. The number of hydrogen-bond donors (Lipinski definition) is 1. The zero-order valence-corrected chi connectivity index (χ0v) is 18.8. The SMILES string of the molecule is CCN(CC)c1ccc(/C=C2/SC(=S)N(Nc3ccc([N+](=O)[O-])cc3[N+](=O)[O-])C2=O)cc1. The van der Waals surface area contributed by atoms with Crippen LogP contribution in [0.4, 0.5) is 22.7 Å². The Balaban J connectivity index is 1.82. The molecule has 1 fully saturated rings. The maximum absolute atomic E-state index is 12.8. The minimum atomic E-state index is -0.764. The van der Waals surface area contributed by atoms with E-state index in [-0.39, 0.29) is 10.0 Å². The molecule has 32 heavy (non-hydrogen) atoms. The molecule has 0 unspecified atom stereocenters. The third-order valence-corrected chi connectivity index (χ3v) is 6.04. The lowest BCUT2D eigenvalue weighted by Gasteiger charge is -2.20. The van der Waals surface area contributed by atoms with E-state index in [9.17, 15) is 25.0 Å². The minimum Gasteiger partial charge on any atom is -0.372 e. The van der Waals surface area contributed by atoms with Crippen LogP contribution >= 0.6 is 24.0 Å². The Labute approximate surface area is 193 Å². The minimum absolute atomic E-state index is 0.0817. The first kappa shape index (κ1) is 23.2. The number of non-ortho nitro benzene ring substituents is 1. The average Bonchev–Trinajstić information content (AvgIpc) is 3.03. The van der Waals surface area contributed by atoms with Crippen LogP contribution in [-0.2, 0) is 4.79 Å². The second-order valence-corrected chi connectivity index (χ2v) is 8.28. The molecule has 3 rings (SSSR count). The van der Waals surface area contributed by atoms with Crippen molar-refractivity contribution in [3.63, 3.8) is 0 Å². The molecule has 1 N–H and O–H groups in total. The lowest BCUT2D eigenvalue weighted by atomic mass is 10.1. The summed E-state index contributed by atoms with van der Waals surface area (Å²) >= 11 is 6.31. The predicted octanol–water partition coefficient (Wildman–Crippen LogP) is 4.58. The quantitative estimate of drug-likeness (QED) is 0.254. The fraction of sp³-hybridized carbons (Fsp3) is 0.200. The average molecular weight is 474 g/mol. The Morgan fingerprint density at radius 1 is 1.09 bits per heavy atom. The summed E-state index contributed by atoms with van der Waals surface area (Å²) in [5, 5.41) is 23.3. The molecule has 0 radical (unpaired) electrons. The maximum atomic E-state index is 12.8. The molecule has 1 aliphatic rings. The molecular formula is C20H19N5O5S2. The monoisotopic (exact) mass is 473 g/mol. The van der Waals surface area contributed by atoms with Crippen molar-refractivity contribution in [3.8, 4) is 0 Å². The van der Waals surface area contributed by atoms with E-state index in [1.807, 2.05) is 24.3 Å². The van der Waals surface area contributed by atoms with Gasteiger partial charge in [-0.25, -0.2) is 5.01 Å². The van der Waals surface area contributed by atoms with Gasteiger partial charge in [0, 0.05) is 24.8 Å². The van der Waals surface area contributed by atoms with Crippen LogP contribution < -0.4 is 10.3 Å². The maximum Gasteiger partial charge on any atom is 0.300 e. The highest BCUT2D eigenvalue weighted by atomic mass is 32.2. The van der Waals surface area contributed by atoms with Gasteiger partial charge >= 0.3 is 5.69 Å². The Kier molecular flexibility index (Phi) is 7.05. The number of nitro benzene ring substituents is 2. The summed E-state index contributed by atoms with van der Waals surface area (Å²) in [6, 6.07) is 10.8. The molecule has 1 aliphatic heterocycles. The Bertz CT molecular complexity index is 1120. The second-order valence-electron chi connectivity index (χ2n) is 6.61. The number of thiocarbonyl (C=S) groups is 1. The smallest absolute Gasteiger partial charge is 0.300 e. The van der Waals surface area contributed by atoms with Crippen LogP contribution in [0.3, 0.4) is 0 Å². The zero-order chi connectivity index (χ0) is 23.4. The zero-order valence-electron chi connectivity index (χ0n) is 17.2. The lowest BCUT2D eigenvalue weighted by Crippen LogP contribution is -2.34. The van der Waals surface area contributed by atoms with Crippen molar-refractivity contribution >= 4 is 63.0 Å². The number of anilines is 2. The molecule has 166 valence electrons. The Morgan fingerprint density at radius 2 is 1.75 bits per heavy atom. The van der Waals surface area contributed by atoms with E-state index in [0.717, 1.165) is 53.2 Å². The van der Waals surface area contributed by atoms with Gasteiger partial charge in [-0.15, -0.1) is 0 Å². The van der Waals surface area contributed by atoms with Crippen LogP contribution in [0.15, 0.2) is 47.4 Å². The lowest BCUT2D eigenvalue weighted by molar-refractivity contribution is -0.393. The van der Waals surface area contributed by atoms with Crippen molar-refractivity contribution in [2.75, 3.05) is 23.4 Å². The molecule has 2 aromatic carbocycles. The van der Waals surface area contributed by atoms with E-state index >= 15 is 0 Å². The number of nitrogens with zero attached hydrogens (tertiary/aromatic N) is 4. The number of nitrogens with one attached hydrogen (secondary N) is 1. The van der Waals surface area contributed by atoms with Crippen molar-refractivity contribution in [1.29, 1.82) is 0 Å². The molecular weight excluding hydrogens is 454 g/mol. The highest BCUT2D eigenvalue weighted by Gasteiger charge is 2.34. The van der Waals surface area contributed by atoms with Crippen LogP contribution in [0.1, 0.15) is 19.4 Å². The second kappa shape index (κ2) is 9.75. The number of carbonyl (C=O) groups is 1. The number of amides is 1. The van der Waals surface area contributed by atoms with Crippen molar-refractivity contribution in [3.05, 3.63) is 73.2 Å². The first-order chi connectivity index (χ1) is 15.2. The van der Waals surface area contributed by atoms with Crippen LogP contribution in [-0.4, -0.2) is 38.2 Å². The molecule has 2 aromatic rings. The molecule has 1 amide bonds. The third kappa shape index (κ3) is 4.86. The van der Waals surface area contributed by atoms with E-state index in [2.05, 4.69) is 24.2 Å². The highest BCUT2D eigenvalue weighted by molar-refractivity contribution is 8.26. The molecule has 12 heteroatoms. The number of hydrogen-bond acceptors (Lipinski definition) is 9. The Hall–Kier alpha value is -3.51. The van der Waals surface area contributed by atoms with Gasteiger partial charge in [-0.05, 0) is 55.9 Å². The van der Waals surface area contributed by atoms with E-state index in [1.165, 1.54) is 6.07 Å². The number of thioether (sulfide) groups is 1. The summed E-state index contributed by atoms with van der Waals surface area (Å²) in [7, 11) is 0. The molecule has 0 aromatic heterocycles. The fourth-order valence-electron chi connectivity index (χ4n) is 3.09. The van der Waals surface area contributed by atoms with Crippen molar-refractivity contribution in [2.24, 2.45) is 0 Å². The predicted molar refractivity (Wildman–Crippen MR) is 128 cm³/mol. The van der Waals surface area contributed by atoms with Gasteiger partial charge < -0.3 is 4.90 Å². The molecule has 0 saturated carbocycles. The summed E-state index contributed by atoms with van der Waals surface area (Å²) in [4.78, 5) is 36.2. The van der Waals surface area contributed by atoms with E-state index in [4.69, 9.17) is 12.2 Å². The molecule has 0 aliphatic carbocycles. The number of carbonyl (C=O) groups excluding carboxylic acids is 1. The fourth-order valence-corrected chi connectivity index (χ4v) is 4.26. The van der Waals surface area contributed by atoms with Crippen LogP contribution in [0, 0.1) is 20.2 Å². The molecule has 1 heterocycles. The molecule has 1 saturated heterocycles. The van der Waals surface area contributed by atoms with Crippen molar-refractivity contribution in [2.45, 2.75) is 13.8 Å². The first-order valence-corrected chi connectivity index (χ1v) is 10.8. The van der Waals surface area contributed by atoms with E-state index in [0.29, 0.717) is 4.91 Å². The van der Waals surface area contributed by atoms with E-state index in [1.54, 1.807) is 6.08 Å². The van der Waals surface area contributed by atoms with Gasteiger partial charge in [-0.1, -0.05) is 23.9 Å². The molecule has 0 atom stereocenters. The summed E-state index contributed by atoms with van der Waals surface area (Å²) in [6.07, 6.45) is 1.69. The van der Waals surface area contributed by atoms with Crippen molar-refractivity contribution < 1.29 is 14.6 Å². The van der Waals surface area contributed by atoms with Gasteiger partial charge in [-0.2, -0.15) is 0 Å². The Morgan fingerprint density at radius 3 is 2.31 bits per heavy atom. The van der Waals surface area contributed by atoms with Crippen LogP contribution in [0.25, 0.3) is 6.08 Å². The van der Waals surface area contributed by atoms with Gasteiger partial charge in [-0.3, -0.25) is 30.4 Å². The van der Waals surface area contributed by atoms with Gasteiger partial charge in [0.1, 0.15) is 5.69 Å². The number of rotatable bonds is 8. The topological polar surface area (TPSA) is 122 Å². The standard InChI is InChI=1S/C20H19N5O5S2/c1-3-22(4-2)14-7-5-13(6-8-14)11-18-19(26)23(20(31)32-18)21-16-10-9-15(24(27)28)12-17(16)25(29)30/h5-12,21H,3-4H2,1-2H3/b18-11+. The number of benzene rings is 2. The molecule has 10 nitrogen and oxygen atoms in total. The summed E-state index contributed by atoms with van der Waals surface area (Å²) in [5.74, 6) is -0.472. The summed E-state index contributed by atoms with van der Waals surface area (Å²) < 4.78 is 0.161. The largest absolute Gasteiger partial charge is 0.372 e. The summed E-state index contributed by atoms with van der Waals surface area (Å²) in [6.45, 7) is 5.92.